The number of halogens is 1. The van der Waals surface area contributed by atoms with Gasteiger partial charge in [-0.15, -0.1) is 0 Å². The monoisotopic (exact) mass is 443 g/mol. The topological polar surface area (TPSA) is 54.0 Å². The number of anilines is 1. The number of hydrogen-bond donors (Lipinski definition) is 2. The van der Waals surface area contributed by atoms with Crippen molar-refractivity contribution in [2.45, 2.75) is 33.7 Å². The van der Waals surface area contributed by atoms with E-state index in [1.165, 1.54) is 12.1 Å². The van der Waals surface area contributed by atoms with Gasteiger partial charge in [0.1, 0.15) is 11.6 Å². The minimum atomic E-state index is -0.291. The second-order valence-corrected chi connectivity index (χ2v) is 8.26. The van der Waals surface area contributed by atoms with Crippen LogP contribution in [-0.2, 0) is 13.0 Å². The summed E-state index contributed by atoms with van der Waals surface area (Å²) in [4.78, 5) is 17.2. The minimum absolute atomic E-state index is 0.146. The number of benzene rings is 2. The summed E-state index contributed by atoms with van der Waals surface area (Å²) < 4.78 is 13.1. The fraction of sp³-hybridized carbons (Fsp3) is 0.214. The van der Waals surface area contributed by atoms with E-state index in [0.29, 0.717) is 24.4 Å². The van der Waals surface area contributed by atoms with E-state index in [-0.39, 0.29) is 11.7 Å². The molecule has 170 valence electrons. The first-order valence-electron chi connectivity index (χ1n) is 11.0. The van der Waals surface area contributed by atoms with Gasteiger partial charge in [-0.1, -0.05) is 50.8 Å². The Bertz CT molecular complexity index is 1150. The van der Waals surface area contributed by atoms with Crippen molar-refractivity contribution in [2.75, 3.05) is 5.32 Å². The maximum absolute atomic E-state index is 13.1. The molecule has 3 rings (SSSR count). The molecule has 0 radical (unpaired) electrons. The van der Waals surface area contributed by atoms with E-state index in [9.17, 15) is 9.18 Å². The molecule has 1 amide bonds. The Labute approximate surface area is 195 Å². The van der Waals surface area contributed by atoms with Crippen LogP contribution in [0.1, 0.15) is 46.5 Å². The van der Waals surface area contributed by atoms with Gasteiger partial charge in [-0.25, -0.2) is 9.37 Å². The van der Waals surface area contributed by atoms with Crippen molar-refractivity contribution in [1.82, 2.24) is 10.3 Å². The average Bonchev–Trinajstić information content (AvgIpc) is 2.80. The van der Waals surface area contributed by atoms with E-state index in [1.807, 2.05) is 43.3 Å². The number of aromatic nitrogens is 1. The first kappa shape index (κ1) is 23.9. The van der Waals surface area contributed by atoms with Crippen molar-refractivity contribution in [3.05, 3.63) is 119 Å². The number of nitrogens with zero attached hydrogens (tertiary/aromatic N) is 1. The Kier molecular flexibility index (Phi) is 8.14. The van der Waals surface area contributed by atoms with Gasteiger partial charge in [-0.3, -0.25) is 4.79 Å². The molecule has 0 saturated carbocycles. The van der Waals surface area contributed by atoms with Gasteiger partial charge >= 0.3 is 0 Å². The number of pyridine rings is 1. The number of hydrogen-bond acceptors (Lipinski definition) is 3. The number of carbonyl (C=O) groups is 1. The highest BCUT2D eigenvalue weighted by Crippen LogP contribution is 2.21. The molecule has 0 spiro atoms. The van der Waals surface area contributed by atoms with Crippen LogP contribution in [0.25, 0.3) is 0 Å². The quantitative estimate of drug-likeness (QED) is 0.388. The lowest BCUT2D eigenvalue weighted by atomic mass is 9.96. The van der Waals surface area contributed by atoms with Crippen molar-refractivity contribution < 1.29 is 9.18 Å². The van der Waals surface area contributed by atoms with E-state index in [1.54, 1.807) is 24.4 Å². The average molecular weight is 444 g/mol. The first-order valence-corrected chi connectivity index (χ1v) is 11.0. The highest BCUT2D eigenvalue weighted by Gasteiger charge is 2.13. The van der Waals surface area contributed by atoms with Gasteiger partial charge in [0.15, 0.2) is 0 Å². The molecular formula is C28H30FN3O. The summed E-state index contributed by atoms with van der Waals surface area (Å²) in [6.45, 7) is 10.3. The second kappa shape index (κ2) is 11.2. The summed E-state index contributed by atoms with van der Waals surface area (Å²) in [5.74, 6) is 0.660. The van der Waals surface area contributed by atoms with Gasteiger partial charge in [0, 0.05) is 24.0 Å². The molecule has 0 atom stereocenters. The standard InChI is InChI=1S/C28H30FN3O/c1-5-7-26(19(2)3)32-27-17-22(14-15-30-27)16-23-8-6-9-25(20(23)4)28(33)31-18-21-10-12-24(29)13-11-21/h5-15,17,19H,1,16,18H2,2-4H3,(H,30,32)(H,31,33)/b26-7+. The van der Waals surface area contributed by atoms with Gasteiger partial charge in [0.25, 0.3) is 5.91 Å². The van der Waals surface area contributed by atoms with E-state index in [2.05, 4.69) is 36.0 Å². The third-order valence-electron chi connectivity index (χ3n) is 5.47. The van der Waals surface area contributed by atoms with Gasteiger partial charge in [0.2, 0.25) is 0 Å². The smallest absolute Gasteiger partial charge is 0.251 e. The molecule has 4 nitrogen and oxygen atoms in total. The van der Waals surface area contributed by atoms with Crippen LogP contribution in [0.15, 0.2) is 85.2 Å². The number of amides is 1. The third-order valence-corrected chi connectivity index (χ3v) is 5.47. The molecule has 2 N–H and O–H groups in total. The van der Waals surface area contributed by atoms with Crippen LogP contribution in [0.3, 0.4) is 0 Å². The Morgan fingerprint density at radius 3 is 2.58 bits per heavy atom. The molecule has 3 aromatic rings. The molecule has 0 aliphatic rings. The lowest BCUT2D eigenvalue weighted by molar-refractivity contribution is 0.0950. The minimum Gasteiger partial charge on any atom is -0.348 e. The van der Waals surface area contributed by atoms with Crippen LogP contribution in [0.2, 0.25) is 0 Å². The SMILES string of the molecule is C=C/C=C(/Nc1cc(Cc2cccc(C(=O)NCc3ccc(F)cc3)c2C)ccn1)C(C)C. The lowest BCUT2D eigenvalue weighted by Crippen LogP contribution is -2.24. The lowest BCUT2D eigenvalue weighted by Gasteiger charge is -2.15. The van der Waals surface area contributed by atoms with Crippen LogP contribution in [0, 0.1) is 18.7 Å². The highest BCUT2D eigenvalue weighted by atomic mass is 19.1. The van der Waals surface area contributed by atoms with Gasteiger partial charge < -0.3 is 10.6 Å². The molecule has 1 aromatic heterocycles. The molecule has 0 fully saturated rings. The molecule has 33 heavy (non-hydrogen) atoms. The van der Waals surface area contributed by atoms with Crippen molar-refractivity contribution in [2.24, 2.45) is 5.92 Å². The van der Waals surface area contributed by atoms with Crippen molar-refractivity contribution in [3.8, 4) is 0 Å². The van der Waals surface area contributed by atoms with Crippen molar-refractivity contribution >= 4 is 11.7 Å². The fourth-order valence-corrected chi connectivity index (χ4v) is 3.53. The van der Waals surface area contributed by atoms with E-state index in [4.69, 9.17) is 0 Å². The summed E-state index contributed by atoms with van der Waals surface area (Å²) >= 11 is 0. The fourth-order valence-electron chi connectivity index (χ4n) is 3.53. The summed E-state index contributed by atoms with van der Waals surface area (Å²) in [7, 11) is 0. The largest absolute Gasteiger partial charge is 0.348 e. The highest BCUT2D eigenvalue weighted by molar-refractivity contribution is 5.95. The molecule has 0 bridgehead atoms. The van der Waals surface area contributed by atoms with Crippen LogP contribution >= 0.6 is 0 Å². The van der Waals surface area contributed by atoms with E-state index in [0.717, 1.165) is 33.8 Å². The van der Waals surface area contributed by atoms with Gasteiger partial charge in [-0.05, 0) is 77.9 Å². The Balaban J connectivity index is 1.73. The normalized spacial score (nSPS) is 11.4. The zero-order valence-corrected chi connectivity index (χ0v) is 19.4. The van der Waals surface area contributed by atoms with Crippen molar-refractivity contribution in [3.63, 3.8) is 0 Å². The van der Waals surface area contributed by atoms with E-state index < -0.39 is 0 Å². The zero-order chi connectivity index (χ0) is 23.8. The third kappa shape index (κ3) is 6.62. The summed E-state index contributed by atoms with van der Waals surface area (Å²) in [5, 5.41) is 6.30. The van der Waals surface area contributed by atoms with Crippen LogP contribution < -0.4 is 10.6 Å². The zero-order valence-electron chi connectivity index (χ0n) is 19.4. The Morgan fingerprint density at radius 1 is 1.12 bits per heavy atom. The molecule has 0 aliphatic heterocycles. The van der Waals surface area contributed by atoms with Crippen LogP contribution in [0.5, 0.6) is 0 Å². The number of rotatable bonds is 9. The van der Waals surface area contributed by atoms with Crippen LogP contribution in [0.4, 0.5) is 10.2 Å². The molecule has 2 aromatic carbocycles. The molecule has 1 heterocycles. The number of nitrogens with one attached hydrogen (secondary N) is 2. The summed E-state index contributed by atoms with van der Waals surface area (Å²) in [6.07, 6.45) is 6.20. The maximum atomic E-state index is 13.1. The predicted octanol–water partition coefficient (Wildman–Crippen LogP) is 6.19. The summed E-state index contributed by atoms with van der Waals surface area (Å²) in [5.41, 5.74) is 5.65. The maximum Gasteiger partial charge on any atom is 0.251 e. The number of carbonyl (C=O) groups excluding carboxylic acids is 1. The van der Waals surface area contributed by atoms with Gasteiger partial charge in [0.05, 0.1) is 0 Å². The predicted molar refractivity (Wildman–Crippen MR) is 133 cm³/mol. The molecule has 0 saturated heterocycles. The van der Waals surface area contributed by atoms with Crippen LogP contribution in [-0.4, -0.2) is 10.9 Å². The molecular weight excluding hydrogens is 413 g/mol. The van der Waals surface area contributed by atoms with Crippen molar-refractivity contribution in [1.29, 1.82) is 0 Å². The second-order valence-electron chi connectivity index (χ2n) is 8.26. The Hall–Kier alpha value is -3.73. The molecule has 0 unspecified atom stereocenters. The number of allylic oxidation sites excluding steroid dienone is 3. The molecule has 0 aliphatic carbocycles. The molecule has 5 heteroatoms. The van der Waals surface area contributed by atoms with E-state index >= 15 is 0 Å². The first-order chi connectivity index (χ1) is 15.9. The van der Waals surface area contributed by atoms with Gasteiger partial charge in [-0.2, -0.15) is 0 Å². The summed E-state index contributed by atoms with van der Waals surface area (Å²) in [6, 6.07) is 15.9. The Morgan fingerprint density at radius 2 is 1.88 bits per heavy atom.